The van der Waals surface area contributed by atoms with Crippen LogP contribution in [-0.4, -0.2) is 0 Å². The van der Waals surface area contributed by atoms with Gasteiger partial charge in [0, 0.05) is 11.1 Å². The Morgan fingerprint density at radius 2 is 0.759 bits per heavy atom. The fourth-order valence-electron chi connectivity index (χ4n) is 3.32. The van der Waals surface area contributed by atoms with E-state index in [4.69, 9.17) is 0 Å². The second-order valence-electron chi connectivity index (χ2n) is 7.12. The van der Waals surface area contributed by atoms with E-state index in [9.17, 15) is 8.78 Å². The maximum absolute atomic E-state index is 14.7. The number of aryl methyl sites for hydroxylation is 2. The van der Waals surface area contributed by atoms with Crippen LogP contribution in [-0.2, 0) is 0 Å². The standard InChI is InChI=1S/C26H20F2.CH4/c1-17-3-7-19(8-4-17)23-13-11-21(15-25(23)27)22-12-14-24(26(28)16-22)20-9-5-18(2)6-10-20;/h3-16H,1-2H3;1H4. The maximum atomic E-state index is 14.7. The van der Waals surface area contributed by atoms with Crippen LogP contribution < -0.4 is 0 Å². The number of hydrogen-bond acceptors (Lipinski definition) is 0. The molecule has 0 aliphatic heterocycles. The van der Waals surface area contributed by atoms with Crippen molar-refractivity contribution in [3.63, 3.8) is 0 Å². The van der Waals surface area contributed by atoms with Gasteiger partial charge in [-0.15, -0.1) is 0 Å². The van der Waals surface area contributed by atoms with Gasteiger partial charge in [-0.3, -0.25) is 0 Å². The molecule has 0 heterocycles. The Morgan fingerprint density at radius 3 is 1.07 bits per heavy atom. The first-order valence-electron chi connectivity index (χ1n) is 9.25. The summed E-state index contributed by atoms with van der Waals surface area (Å²) in [5.41, 5.74) is 6.31. The second-order valence-corrected chi connectivity index (χ2v) is 7.12. The van der Waals surface area contributed by atoms with Crippen LogP contribution in [0, 0.1) is 25.5 Å². The molecule has 0 N–H and O–H groups in total. The summed E-state index contributed by atoms with van der Waals surface area (Å²) in [4.78, 5) is 0. The molecule has 0 spiro atoms. The first kappa shape index (κ1) is 20.5. The van der Waals surface area contributed by atoms with Gasteiger partial charge in [-0.25, -0.2) is 8.78 Å². The highest BCUT2D eigenvalue weighted by atomic mass is 19.1. The van der Waals surface area contributed by atoms with Crippen molar-refractivity contribution in [2.45, 2.75) is 21.3 Å². The average Bonchev–Trinajstić information content (AvgIpc) is 2.69. The fourth-order valence-corrected chi connectivity index (χ4v) is 3.32. The first-order chi connectivity index (χ1) is 13.5. The van der Waals surface area contributed by atoms with Gasteiger partial charge in [0.25, 0.3) is 0 Å². The van der Waals surface area contributed by atoms with Crippen molar-refractivity contribution in [2.75, 3.05) is 0 Å². The van der Waals surface area contributed by atoms with Crippen LogP contribution in [0.25, 0.3) is 33.4 Å². The average molecular weight is 386 g/mol. The largest absolute Gasteiger partial charge is 0.206 e. The van der Waals surface area contributed by atoms with Gasteiger partial charge in [0.05, 0.1) is 0 Å². The predicted octanol–water partition coefficient (Wildman–Crippen LogP) is 8.22. The number of hydrogen-bond donors (Lipinski definition) is 0. The highest BCUT2D eigenvalue weighted by Gasteiger charge is 2.10. The van der Waals surface area contributed by atoms with Crippen molar-refractivity contribution in [3.8, 4) is 33.4 Å². The lowest BCUT2D eigenvalue weighted by Crippen LogP contribution is -1.89. The third-order valence-electron chi connectivity index (χ3n) is 5.00. The number of halogens is 2. The summed E-state index contributed by atoms with van der Waals surface area (Å²) in [5.74, 6) is -0.631. The molecule has 2 heteroatoms. The van der Waals surface area contributed by atoms with Gasteiger partial charge < -0.3 is 0 Å². The monoisotopic (exact) mass is 386 g/mol. The van der Waals surface area contributed by atoms with E-state index in [2.05, 4.69) is 0 Å². The molecule has 0 bridgehead atoms. The van der Waals surface area contributed by atoms with E-state index in [0.29, 0.717) is 22.3 Å². The van der Waals surface area contributed by atoms with Crippen molar-refractivity contribution in [3.05, 3.63) is 108 Å². The van der Waals surface area contributed by atoms with Crippen LogP contribution in [0.2, 0.25) is 0 Å². The maximum Gasteiger partial charge on any atom is 0.131 e. The summed E-state index contributed by atoms with van der Waals surface area (Å²) in [6, 6.07) is 25.6. The Labute approximate surface area is 171 Å². The molecule has 0 aromatic heterocycles. The first-order valence-corrected chi connectivity index (χ1v) is 9.25. The second kappa shape index (κ2) is 8.40. The van der Waals surface area contributed by atoms with Crippen LogP contribution in [0.4, 0.5) is 8.78 Å². The summed E-state index contributed by atoms with van der Waals surface area (Å²) in [5, 5.41) is 0. The minimum absolute atomic E-state index is 0. The van der Waals surface area contributed by atoms with Crippen LogP contribution in [0.5, 0.6) is 0 Å². The lowest BCUT2D eigenvalue weighted by atomic mass is 9.96. The molecular weight excluding hydrogens is 362 g/mol. The lowest BCUT2D eigenvalue weighted by Gasteiger charge is -2.10. The van der Waals surface area contributed by atoms with Crippen molar-refractivity contribution in [2.24, 2.45) is 0 Å². The van der Waals surface area contributed by atoms with Crippen LogP contribution in [0.15, 0.2) is 84.9 Å². The van der Waals surface area contributed by atoms with E-state index in [0.717, 1.165) is 22.3 Å². The molecule has 0 atom stereocenters. The topological polar surface area (TPSA) is 0 Å². The van der Waals surface area contributed by atoms with E-state index >= 15 is 0 Å². The molecule has 0 fully saturated rings. The minimum Gasteiger partial charge on any atom is -0.206 e. The Kier molecular flexibility index (Phi) is 5.93. The molecule has 29 heavy (non-hydrogen) atoms. The highest BCUT2D eigenvalue weighted by molar-refractivity contribution is 5.74. The number of rotatable bonds is 3. The summed E-state index contributed by atoms with van der Waals surface area (Å²) in [6.07, 6.45) is 0. The molecule has 146 valence electrons. The molecule has 0 saturated carbocycles. The highest BCUT2D eigenvalue weighted by Crippen LogP contribution is 2.31. The SMILES string of the molecule is C.Cc1ccc(-c2ccc(-c3ccc(-c4ccc(C)cc4)c(F)c3)cc2F)cc1. The predicted molar refractivity (Wildman–Crippen MR) is 119 cm³/mol. The quantitative estimate of drug-likeness (QED) is 0.333. The Morgan fingerprint density at radius 1 is 0.448 bits per heavy atom. The van der Waals surface area contributed by atoms with Gasteiger partial charge in [0.15, 0.2) is 0 Å². The van der Waals surface area contributed by atoms with Gasteiger partial charge in [0.2, 0.25) is 0 Å². The number of benzene rings is 4. The molecule has 0 nitrogen and oxygen atoms in total. The zero-order valence-corrected chi connectivity index (χ0v) is 15.8. The third kappa shape index (κ3) is 4.27. The van der Waals surface area contributed by atoms with E-state index in [1.165, 1.54) is 12.1 Å². The molecule has 4 rings (SSSR count). The van der Waals surface area contributed by atoms with Crippen molar-refractivity contribution in [1.29, 1.82) is 0 Å². The molecule has 0 aliphatic carbocycles. The van der Waals surface area contributed by atoms with Crippen LogP contribution in [0.3, 0.4) is 0 Å². The summed E-state index contributed by atoms with van der Waals surface area (Å²) >= 11 is 0. The van der Waals surface area contributed by atoms with E-state index < -0.39 is 0 Å². The molecule has 0 amide bonds. The summed E-state index contributed by atoms with van der Waals surface area (Å²) in [6.45, 7) is 4.00. The van der Waals surface area contributed by atoms with Gasteiger partial charge >= 0.3 is 0 Å². The van der Waals surface area contributed by atoms with Crippen LogP contribution in [0.1, 0.15) is 18.6 Å². The Hall–Kier alpha value is -3.26. The van der Waals surface area contributed by atoms with Crippen LogP contribution >= 0.6 is 0 Å². The molecule has 4 aromatic carbocycles. The summed E-state index contributed by atoms with van der Waals surface area (Å²) < 4.78 is 29.4. The molecule has 0 radical (unpaired) electrons. The minimum atomic E-state index is -0.315. The Bertz CT molecular complexity index is 1030. The molecule has 0 saturated heterocycles. The molecule has 4 aromatic rings. The normalized spacial score (nSPS) is 10.5. The lowest BCUT2D eigenvalue weighted by molar-refractivity contribution is 0.629. The van der Waals surface area contributed by atoms with E-state index in [1.54, 1.807) is 12.1 Å². The zero-order chi connectivity index (χ0) is 19.7. The van der Waals surface area contributed by atoms with Crippen molar-refractivity contribution >= 4 is 0 Å². The molecular formula is C27H24F2. The van der Waals surface area contributed by atoms with Gasteiger partial charge in [0.1, 0.15) is 11.6 Å². The van der Waals surface area contributed by atoms with Gasteiger partial charge in [-0.1, -0.05) is 91.3 Å². The van der Waals surface area contributed by atoms with Gasteiger partial charge in [-0.05, 0) is 48.2 Å². The molecule has 0 aliphatic rings. The third-order valence-corrected chi connectivity index (χ3v) is 5.00. The zero-order valence-electron chi connectivity index (χ0n) is 15.8. The van der Waals surface area contributed by atoms with Gasteiger partial charge in [-0.2, -0.15) is 0 Å². The molecule has 0 unspecified atom stereocenters. The fraction of sp³-hybridized carbons (Fsp3) is 0.111. The van der Waals surface area contributed by atoms with E-state index in [-0.39, 0.29) is 19.1 Å². The van der Waals surface area contributed by atoms with Crippen molar-refractivity contribution < 1.29 is 8.78 Å². The van der Waals surface area contributed by atoms with Crippen molar-refractivity contribution in [1.82, 2.24) is 0 Å². The van der Waals surface area contributed by atoms with E-state index in [1.807, 2.05) is 74.5 Å². The Balaban J connectivity index is 0.00000240. The smallest absolute Gasteiger partial charge is 0.131 e. The summed E-state index contributed by atoms with van der Waals surface area (Å²) in [7, 11) is 0.